The maximum absolute atomic E-state index is 14.5. The van der Waals surface area contributed by atoms with E-state index in [1.54, 1.807) is 24.3 Å². The number of hydrogen-bond donors (Lipinski definition) is 1. The smallest absolute Gasteiger partial charge is 0.355 e. The summed E-state index contributed by atoms with van der Waals surface area (Å²) in [4.78, 5) is 0. The Hall–Kier alpha value is -1.99. The van der Waals surface area contributed by atoms with Gasteiger partial charge in [-0.3, -0.25) is 5.32 Å². The Balaban J connectivity index is 1.76. The van der Waals surface area contributed by atoms with Crippen LogP contribution in [0.25, 0.3) is 0 Å². The highest BCUT2D eigenvalue weighted by atomic mass is 19.4. The van der Waals surface area contributed by atoms with Crippen molar-refractivity contribution in [3.63, 3.8) is 0 Å². The maximum Gasteiger partial charge on any atom is 0.416 e. The quantitative estimate of drug-likeness (QED) is 0.830. The van der Waals surface area contributed by atoms with Crippen LogP contribution < -0.4 is 5.32 Å². The fourth-order valence-electron chi connectivity index (χ4n) is 2.59. The largest absolute Gasteiger partial charge is 0.416 e. The summed E-state index contributed by atoms with van der Waals surface area (Å²) in [5.41, 5.74) is -0.686. The Labute approximate surface area is 135 Å². The van der Waals surface area contributed by atoms with E-state index in [1.165, 1.54) is 0 Å². The van der Waals surface area contributed by atoms with Gasteiger partial charge in [-0.25, -0.2) is 0 Å². The van der Waals surface area contributed by atoms with E-state index in [2.05, 4.69) is 5.32 Å². The van der Waals surface area contributed by atoms with Gasteiger partial charge in [0.1, 0.15) is 0 Å². The van der Waals surface area contributed by atoms with Crippen LogP contribution in [0, 0.1) is 0 Å². The molecular weight excluding hydrogens is 329 g/mol. The van der Waals surface area contributed by atoms with Gasteiger partial charge in [0.2, 0.25) is 0 Å². The average molecular weight is 343 g/mol. The third-order valence-corrected chi connectivity index (χ3v) is 3.91. The molecule has 0 radical (unpaired) electrons. The number of alkyl halides is 5. The summed E-state index contributed by atoms with van der Waals surface area (Å²) >= 11 is 0. The number of halogens is 5. The lowest BCUT2D eigenvalue weighted by Crippen LogP contribution is -2.40. The first-order valence-corrected chi connectivity index (χ1v) is 7.26. The lowest BCUT2D eigenvalue weighted by molar-refractivity contribution is -0.138. The summed E-state index contributed by atoms with van der Waals surface area (Å²) in [6, 6.07) is 11.4. The van der Waals surface area contributed by atoms with Crippen molar-refractivity contribution in [3.8, 4) is 0 Å². The standard InChI is InChI=1S/C17H14F5NO/c18-16(19,12-6-8-13(9-7-12)17(20,21)22)15-23-14(10-24-15)11-4-2-1-3-5-11/h1-9,14-15,23H,10H2. The Morgan fingerprint density at radius 2 is 1.42 bits per heavy atom. The molecule has 0 amide bonds. The number of ether oxygens (including phenoxy) is 1. The lowest BCUT2D eigenvalue weighted by atomic mass is 10.0. The van der Waals surface area contributed by atoms with Crippen LogP contribution in [0.1, 0.15) is 22.7 Å². The fourth-order valence-corrected chi connectivity index (χ4v) is 2.59. The molecule has 7 heteroatoms. The first-order chi connectivity index (χ1) is 11.3. The average Bonchev–Trinajstić information content (AvgIpc) is 3.06. The first kappa shape index (κ1) is 16.9. The molecule has 128 valence electrons. The van der Waals surface area contributed by atoms with Crippen molar-refractivity contribution in [2.45, 2.75) is 24.4 Å². The third-order valence-electron chi connectivity index (χ3n) is 3.91. The molecule has 2 aromatic carbocycles. The molecule has 3 rings (SSSR count). The summed E-state index contributed by atoms with van der Waals surface area (Å²) < 4.78 is 71.8. The van der Waals surface area contributed by atoms with Gasteiger partial charge in [-0.1, -0.05) is 42.5 Å². The van der Waals surface area contributed by atoms with Crippen molar-refractivity contribution in [1.29, 1.82) is 0 Å². The van der Waals surface area contributed by atoms with E-state index in [-0.39, 0.29) is 6.61 Å². The molecule has 0 aliphatic carbocycles. The van der Waals surface area contributed by atoms with Crippen molar-refractivity contribution < 1.29 is 26.7 Å². The molecule has 0 bridgehead atoms. The topological polar surface area (TPSA) is 21.3 Å². The monoisotopic (exact) mass is 343 g/mol. The van der Waals surface area contributed by atoms with E-state index in [1.807, 2.05) is 6.07 Å². The molecule has 2 aromatic rings. The minimum absolute atomic E-state index is 0.0604. The van der Waals surface area contributed by atoms with Gasteiger partial charge in [0, 0.05) is 5.56 Å². The predicted molar refractivity (Wildman–Crippen MR) is 77.4 cm³/mol. The molecule has 1 saturated heterocycles. The molecule has 0 spiro atoms. The van der Waals surface area contributed by atoms with Crippen LogP contribution in [0.5, 0.6) is 0 Å². The highest BCUT2D eigenvalue weighted by molar-refractivity contribution is 5.29. The van der Waals surface area contributed by atoms with Gasteiger partial charge in [-0.15, -0.1) is 0 Å². The van der Waals surface area contributed by atoms with Gasteiger partial charge >= 0.3 is 12.1 Å². The number of rotatable bonds is 3. The zero-order valence-electron chi connectivity index (χ0n) is 12.4. The van der Waals surface area contributed by atoms with Gasteiger partial charge in [-0.2, -0.15) is 22.0 Å². The van der Waals surface area contributed by atoms with Crippen LogP contribution in [0.15, 0.2) is 54.6 Å². The van der Waals surface area contributed by atoms with Gasteiger partial charge in [0.15, 0.2) is 6.23 Å². The SMILES string of the molecule is FC(F)(F)c1ccc(C(F)(F)C2NC(c3ccccc3)CO2)cc1. The molecule has 1 aliphatic heterocycles. The van der Waals surface area contributed by atoms with Crippen molar-refractivity contribution in [3.05, 3.63) is 71.3 Å². The number of nitrogens with one attached hydrogen (secondary N) is 1. The summed E-state index contributed by atoms with van der Waals surface area (Å²) in [7, 11) is 0. The van der Waals surface area contributed by atoms with E-state index >= 15 is 0 Å². The molecule has 24 heavy (non-hydrogen) atoms. The molecule has 2 unspecified atom stereocenters. The molecular formula is C17H14F5NO. The molecule has 1 N–H and O–H groups in total. The van der Waals surface area contributed by atoms with E-state index in [0.29, 0.717) is 12.1 Å². The normalized spacial score (nSPS) is 21.9. The second kappa shape index (κ2) is 6.14. The van der Waals surface area contributed by atoms with Crippen LogP contribution in [0.3, 0.4) is 0 Å². The van der Waals surface area contributed by atoms with Crippen LogP contribution >= 0.6 is 0 Å². The van der Waals surface area contributed by atoms with E-state index in [4.69, 9.17) is 4.74 Å². The van der Waals surface area contributed by atoms with Crippen LogP contribution in [0.2, 0.25) is 0 Å². The van der Waals surface area contributed by atoms with Gasteiger partial charge in [0.05, 0.1) is 18.2 Å². The van der Waals surface area contributed by atoms with Crippen molar-refractivity contribution in [2.75, 3.05) is 6.61 Å². The maximum atomic E-state index is 14.5. The second-order valence-corrected chi connectivity index (χ2v) is 5.54. The molecule has 2 nitrogen and oxygen atoms in total. The predicted octanol–water partition coefficient (Wildman–Crippen LogP) is 4.48. The first-order valence-electron chi connectivity index (χ1n) is 7.26. The van der Waals surface area contributed by atoms with Crippen molar-refractivity contribution in [2.24, 2.45) is 0 Å². The van der Waals surface area contributed by atoms with E-state index in [9.17, 15) is 22.0 Å². The van der Waals surface area contributed by atoms with Crippen molar-refractivity contribution >= 4 is 0 Å². The van der Waals surface area contributed by atoms with Gasteiger partial charge in [-0.05, 0) is 17.7 Å². The van der Waals surface area contributed by atoms with Gasteiger partial charge in [0.25, 0.3) is 0 Å². The highest BCUT2D eigenvalue weighted by Crippen LogP contribution is 2.38. The summed E-state index contributed by atoms with van der Waals surface area (Å²) in [6.45, 7) is 0.0604. The molecule has 0 aromatic heterocycles. The minimum Gasteiger partial charge on any atom is -0.355 e. The molecule has 0 saturated carbocycles. The van der Waals surface area contributed by atoms with Crippen molar-refractivity contribution in [1.82, 2.24) is 5.32 Å². The Bertz CT molecular complexity index is 684. The number of benzene rings is 2. The fraction of sp³-hybridized carbons (Fsp3) is 0.294. The zero-order valence-corrected chi connectivity index (χ0v) is 12.4. The molecule has 2 atom stereocenters. The lowest BCUT2D eigenvalue weighted by Gasteiger charge is -2.24. The summed E-state index contributed by atoms with van der Waals surface area (Å²) in [5, 5.41) is 2.70. The Morgan fingerprint density at radius 3 is 2.00 bits per heavy atom. The Kier molecular flexibility index (Phi) is 4.31. The number of hydrogen-bond acceptors (Lipinski definition) is 2. The summed E-state index contributed by atoms with van der Waals surface area (Å²) in [6.07, 6.45) is -6.16. The third kappa shape index (κ3) is 3.27. The molecule has 1 aliphatic rings. The molecule has 1 heterocycles. The van der Waals surface area contributed by atoms with Crippen LogP contribution in [-0.4, -0.2) is 12.8 Å². The zero-order chi connectivity index (χ0) is 17.4. The second-order valence-electron chi connectivity index (χ2n) is 5.54. The highest BCUT2D eigenvalue weighted by Gasteiger charge is 2.47. The van der Waals surface area contributed by atoms with E-state index < -0.39 is 35.5 Å². The van der Waals surface area contributed by atoms with Gasteiger partial charge < -0.3 is 4.74 Å². The minimum atomic E-state index is -4.56. The van der Waals surface area contributed by atoms with Crippen LogP contribution in [0.4, 0.5) is 22.0 Å². The Morgan fingerprint density at radius 1 is 0.833 bits per heavy atom. The van der Waals surface area contributed by atoms with E-state index in [0.717, 1.165) is 17.7 Å². The van der Waals surface area contributed by atoms with Crippen LogP contribution in [-0.2, 0) is 16.8 Å². The molecule has 1 fully saturated rings. The summed E-state index contributed by atoms with van der Waals surface area (Å²) in [5.74, 6) is -3.45.